The lowest BCUT2D eigenvalue weighted by atomic mass is 10.1. The highest BCUT2D eigenvalue weighted by Crippen LogP contribution is 2.16. The molecule has 0 saturated heterocycles. The van der Waals surface area contributed by atoms with Crippen LogP contribution >= 0.6 is 0 Å². The Kier molecular flexibility index (Phi) is 7.57. The van der Waals surface area contributed by atoms with E-state index in [0.29, 0.717) is 6.61 Å². The van der Waals surface area contributed by atoms with Crippen LogP contribution < -0.4 is 20.1 Å². The molecule has 0 aliphatic carbocycles. The summed E-state index contributed by atoms with van der Waals surface area (Å²) in [7, 11) is 1.65. The fourth-order valence-electron chi connectivity index (χ4n) is 1.78. The van der Waals surface area contributed by atoms with Crippen molar-refractivity contribution in [3.63, 3.8) is 0 Å². The van der Waals surface area contributed by atoms with Crippen LogP contribution in [0.1, 0.15) is 34.1 Å². The van der Waals surface area contributed by atoms with Gasteiger partial charge in [0.05, 0.1) is 13.7 Å². The second kappa shape index (κ2) is 9.18. The molecule has 0 heterocycles. The van der Waals surface area contributed by atoms with Gasteiger partial charge in [0.25, 0.3) is 0 Å². The molecule has 0 saturated carbocycles. The third-order valence-corrected chi connectivity index (χ3v) is 2.74. The second-order valence-electron chi connectivity index (χ2n) is 6.01. The van der Waals surface area contributed by atoms with Gasteiger partial charge in [-0.15, -0.1) is 0 Å². The summed E-state index contributed by atoms with van der Waals surface area (Å²) >= 11 is 0. The van der Waals surface area contributed by atoms with Crippen molar-refractivity contribution in [2.45, 2.75) is 39.7 Å². The number of nitrogens with zero attached hydrogens (tertiary/aromatic N) is 1. The Balaban J connectivity index is 2.33. The minimum Gasteiger partial charge on any atom is -0.497 e. The Hall–Kier alpha value is -1.91. The van der Waals surface area contributed by atoms with E-state index in [9.17, 15) is 0 Å². The van der Waals surface area contributed by atoms with Crippen molar-refractivity contribution in [1.82, 2.24) is 10.6 Å². The SMILES string of the molecule is CCNC(=NCCCOc1ccc(OC)cc1)NC(C)(C)C. The van der Waals surface area contributed by atoms with Gasteiger partial charge >= 0.3 is 0 Å². The van der Waals surface area contributed by atoms with Gasteiger partial charge in [0.15, 0.2) is 5.96 Å². The van der Waals surface area contributed by atoms with Gasteiger partial charge in [0.2, 0.25) is 0 Å². The first-order valence-electron chi connectivity index (χ1n) is 7.78. The summed E-state index contributed by atoms with van der Waals surface area (Å²) in [6.45, 7) is 10.6. The van der Waals surface area contributed by atoms with Gasteiger partial charge in [0.1, 0.15) is 11.5 Å². The largest absolute Gasteiger partial charge is 0.497 e. The summed E-state index contributed by atoms with van der Waals surface area (Å²) in [5.74, 6) is 2.53. The fraction of sp³-hybridized carbons (Fsp3) is 0.588. The van der Waals surface area contributed by atoms with Crippen molar-refractivity contribution >= 4 is 5.96 Å². The fourth-order valence-corrected chi connectivity index (χ4v) is 1.78. The Labute approximate surface area is 134 Å². The highest BCUT2D eigenvalue weighted by atomic mass is 16.5. The number of rotatable bonds is 7. The van der Waals surface area contributed by atoms with Crippen LogP contribution in [-0.2, 0) is 0 Å². The molecule has 0 fully saturated rings. The van der Waals surface area contributed by atoms with Crippen LogP contribution in [0.5, 0.6) is 11.5 Å². The molecule has 0 aromatic heterocycles. The van der Waals surface area contributed by atoms with Crippen LogP contribution in [0, 0.1) is 0 Å². The molecular weight excluding hydrogens is 278 g/mol. The van der Waals surface area contributed by atoms with E-state index in [2.05, 4.69) is 43.3 Å². The highest BCUT2D eigenvalue weighted by molar-refractivity contribution is 5.80. The molecule has 1 rings (SSSR count). The van der Waals surface area contributed by atoms with Gasteiger partial charge < -0.3 is 20.1 Å². The first-order chi connectivity index (χ1) is 10.4. The van der Waals surface area contributed by atoms with Gasteiger partial charge in [-0.05, 0) is 52.0 Å². The van der Waals surface area contributed by atoms with Gasteiger partial charge in [-0.3, -0.25) is 4.99 Å². The smallest absolute Gasteiger partial charge is 0.191 e. The molecule has 5 nitrogen and oxygen atoms in total. The average molecular weight is 307 g/mol. The molecule has 1 aromatic rings. The normalized spacial score (nSPS) is 12.0. The Bertz CT molecular complexity index is 450. The number of benzene rings is 1. The lowest BCUT2D eigenvalue weighted by Gasteiger charge is -2.23. The molecule has 0 radical (unpaired) electrons. The molecule has 0 atom stereocenters. The predicted molar refractivity (Wildman–Crippen MR) is 92.0 cm³/mol. The summed E-state index contributed by atoms with van der Waals surface area (Å²) in [4.78, 5) is 4.55. The Morgan fingerprint density at radius 1 is 1.14 bits per heavy atom. The number of aliphatic imine (C=N–C) groups is 1. The Morgan fingerprint density at radius 3 is 2.32 bits per heavy atom. The maximum atomic E-state index is 5.68. The molecule has 5 heteroatoms. The van der Waals surface area contributed by atoms with E-state index >= 15 is 0 Å². The van der Waals surface area contributed by atoms with E-state index in [-0.39, 0.29) is 5.54 Å². The number of ether oxygens (including phenoxy) is 2. The lowest BCUT2D eigenvalue weighted by molar-refractivity contribution is 0.312. The molecular formula is C17H29N3O2. The van der Waals surface area contributed by atoms with E-state index in [1.165, 1.54) is 0 Å². The summed E-state index contributed by atoms with van der Waals surface area (Å²) in [5.41, 5.74) is 0.000593. The third kappa shape index (κ3) is 7.76. The number of guanidine groups is 1. The highest BCUT2D eigenvalue weighted by Gasteiger charge is 2.11. The van der Waals surface area contributed by atoms with Crippen LogP contribution in [0.25, 0.3) is 0 Å². The van der Waals surface area contributed by atoms with Crippen LogP contribution in [-0.4, -0.2) is 38.3 Å². The standard InChI is InChI=1S/C17H29N3O2/c1-6-18-16(20-17(2,3)4)19-12-7-13-22-15-10-8-14(21-5)9-11-15/h8-11H,6-7,12-13H2,1-5H3,(H2,18,19,20). The van der Waals surface area contributed by atoms with Crippen LogP contribution in [0.3, 0.4) is 0 Å². The molecule has 0 amide bonds. The second-order valence-corrected chi connectivity index (χ2v) is 6.01. The van der Waals surface area contributed by atoms with E-state index in [4.69, 9.17) is 9.47 Å². The number of methoxy groups -OCH3 is 1. The minimum absolute atomic E-state index is 0.000593. The van der Waals surface area contributed by atoms with E-state index in [0.717, 1.165) is 37.0 Å². The molecule has 0 aliphatic heterocycles. The number of nitrogens with one attached hydrogen (secondary N) is 2. The zero-order valence-electron chi connectivity index (χ0n) is 14.4. The predicted octanol–water partition coefficient (Wildman–Crippen LogP) is 2.82. The van der Waals surface area contributed by atoms with Crippen LogP contribution in [0.4, 0.5) is 0 Å². The number of hydrogen-bond acceptors (Lipinski definition) is 3. The minimum atomic E-state index is 0.000593. The van der Waals surface area contributed by atoms with Crippen molar-refractivity contribution in [2.75, 3.05) is 26.8 Å². The van der Waals surface area contributed by atoms with Crippen molar-refractivity contribution < 1.29 is 9.47 Å². The molecule has 22 heavy (non-hydrogen) atoms. The summed E-state index contributed by atoms with van der Waals surface area (Å²) in [5, 5.41) is 6.61. The third-order valence-electron chi connectivity index (χ3n) is 2.74. The van der Waals surface area contributed by atoms with E-state index in [1.807, 2.05) is 24.3 Å². The summed E-state index contributed by atoms with van der Waals surface area (Å²) in [6.07, 6.45) is 0.868. The van der Waals surface area contributed by atoms with Crippen molar-refractivity contribution in [1.29, 1.82) is 0 Å². The zero-order chi connectivity index (χ0) is 16.4. The quantitative estimate of drug-likeness (QED) is 0.462. The van der Waals surface area contributed by atoms with Crippen molar-refractivity contribution in [3.8, 4) is 11.5 Å². The van der Waals surface area contributed by atoms with E-state index < -0.39 is 0 Å². The summed E-state index contributed by atoms with van der Waals surface area (Å²) < 4.78 is 10.8. The number of hydrogen-bond donors (Lipinski definition) is 2. The zero-order valence-corrected chi connectivity index (χ0v) is 14.4. The molecule has 0 spiro atoms. The molecule has 0 bridgehead atoms. The topological polar surface area (TPSA) is 54.9 Å². The molecule has 0 aliphatic rings. The van der Waals surface area contributed by atoms with Crippen molar-refractivity contribution in [2.24, 2.45) is 4.99 Å². The van der Waals surface area contributed by atoms with Gasteiger partial charge in [-0.25, -0.2) is 0 Å². The molecule has 1 aromatic carbocycles. The van der Waals surface area contributed by atoms with Crippen LogP contribution in [0.2, 0.25) is 0 Å². The first kappa shape index (κ1) is 18.1. The monoisotopic (exact) mass is 307 g/mol. The molecule has 124 valence electrons. The maximum absolute atomic E-state index is 5.68. The van der Waals surface area contributed by atoms with Gasteiger partial charge in [-0.2, -0.15) is 0 Å². The van der Waals surface area contributed by atoms with Crippen LogP contribution in [0.15, 0.2) is 29.3 Å². The van der Waals surface area contributed by atoms with Gasteiger partial charge in [-0.1, -0.05) is 0 Å². The first-order valence-corrected chi connectivity index (χ1v) is 7.78. The Morgan fingerprint density at radius 2 is 1.77 bits per heavy atom. The average Bonchev–Trinajstić information content (AvgIpc) is 2.46. The lowest BCUT2D eigenvalue weighted by Crippen LogP contribution is -2.47. The summed E-state index contributed by atoms with van der Waals surface area (Å²) in [6, 6.07) is 7.61. The van der Waals surface area contributed by atoms with Gasteiger partial charge in [0, 0.05) is 25.0 Å². The van der Waals surface area contributed by atoms with Crippen molar-refractivity contribution in [3.05, 3.63) is 24.3 Å². The molecule has 2 N–H and O–H groups in total. The molecule has 0 unspecified atom stereocenters. The maximum Gasteiger partial charge on any atom is 0.191 e. The van der Waals surface area contributed by atoms with E-state index in [1.54, 1.807) is 7.11 Å².